The molecule has 0 aliphatic heterocycles. The van der Waals surface area contributed by atoms with E-state index in [-0.39, 0.29) is 11.4 Å². The number of phenols is 1. The lowest BCUT2D eigenvalue weighted by Gasteiger charge is -1.99. The second-order valence-corrected chi connectivity index (χ2v) is 5.09. The van der Waals surface area contributed by atoms with Gasteiger partial charge in [0.2, 0.25) is 0 Å². The van der Waals surface area contributed by atoms with Crippen molar-refractivity contribution in [1.82, 2.24) is 9.55 Å². The lowest BCUT2D eigenvalue weighted by atomic mass is 10.3. The van der Waals surface area contributed by atoms with Crippen LogP contribution in [-0.2, 0) is 0 Å². The predicted octanol–water partition coefficient (Wildman–Crippen LogP) is 2.39. The van der Waals surface area contributed by atoms with E-state index in [9.17, 15) is 9.90 Å². The van der Waals surface area contributed by atoms with Gasteiger partial charge in [-0.15, -0.1) is 11.3 Å². The summed E-state index contributed by atoms with van der Waals surface area (Å²) in [6.45, 7) is 1.99. The van der Waals surface area contributed by atoms with Gasteiger partial charge < -0.3 is 10.1 Å². The van der Waals surface area contributed by atoms with Gasteiger partial charge in [-0.3, -0.25) is 4.57 Å². The van der Waals surface area contributed by atoms with Gasteiger partial charge in [0.15, 0.2) is 0 Å². The van der Waals surface area contributed by atoms with Crippen LogP contribution in [-0.4, -0.2) is 14.7 Å². The summed E-state index contributed by atoms with van der Waals surface area (Å²) in [7, 11) is 0. The number of aromatic nitrogens is 2. The summed E-state index contributed by atoms with van der Waals surface area (Å²) < 4.78 is 1.58. The number of benzene rings is 1. The van der Waals surface area contributed by atoms with Gasteiger partial charge in [0, 0.05) is 4.88 Å². The number of rotatable bonds is 1. The van der Waals surface area contributed by atoms with Crippen LogP contribution in [0.5, 0.6) is 5.75 Å². The minimum absolute atomic E-state index is 0.0895. The van der Waals surface area contributed by atoms with Crippen molar-refractivity contribution in [2.45, 2.75) is 6.92 Å². The molecule has 86 valence electrons. The number of hydrogen-bond acceptors (Lipinski definition) is 3. The fourth-order valence-corrected chi connectivity index (χ4v) is 2.75. The van der Waals surface area contributed by atoms with E-state index in [4.69, 9.17) is 0 Å². The smallest absolute Gasteiger partial charge is 0.331 e. The lowest BCUT2D eigenvalue weighted by Crippen LogP contribution is -2.13. The highest BCUT2D eigenvalue weighted by Crippen LogP contribution is 2.26. The van der Waals surface area contributed by atoms with Gasteiger partial charge in [-0.2, -0.15) is 0 Å². The first-order valence-corrected chi connectivity index (χ1v) is 5.98. The second-order valence-electron chi connectivity index (χ2n) is 3.82. The van der Waals surface area contributed by atoms with Crippen molar-refractivity contribution in [2.24, 2.45) is 0 Å². The van der Waals surface area contributed by atoms with Crippen molar-refractivity contribution in [3.05, 3.63) is 45.7 Å². The number of fused-ring (bicyclic) bond motifs is 1. The maximum Gasteiger partial charge on any atom is 0.331 e. The third-order valence-electron chi connectivity index (χ3n) is 2.64. The molecule has 17 heavy (non-hydrogen) atoms. The van der Waals surface area contributed by atoms with Crippen LogP contribution < -0.4 is 5.69 Å². The number of aromatic hydroxyl groups is 1. The number of hydrogen-bond donors (Lipinski definition) is 2. The molecule has 0 aliphatic carbocycles. The number of aromatic amines is 1. The zero-order valence-corrected chi connectivity index (χ0v) is 9.91. The van der Waals surface area contributed by atoms with Gasteiger partial charge in [-0.25, -0.2) is 4.79 Å². The Morgan fingerprint density at radius 2 is 2.12 bits per heavy atom. The molecule has 0 radical (unpaired) electrons. The van der Waals surface area contributed by atoms with Crippen molar-refractivity contribution in [1.29, 1.82) is 0 Å². The molecule has 0 fully saturated rings. The molecule has 5 heteroatoms. The minimum atomic E-state index is -0.233. The van der Waals surface area contributed by atoms with Crippen LogP contribution in [0.2, 0.25) is 0 Å². The molecule has 0 unspecified atom stereocenters. The first-order valence-electron chi connectivity index (χ1n) is 5.16. The normalized spacial score (nSPS) is 11.1. The Balaban J connectivity index is 2.40. The maximum atomic E-state index is 11.9. The molecule has 0 aliphatic rings. The highest BCUT2D eigenvalue weighted by atomic mass is 32.1. The summed E-state index contributed by atoms with van der Waals surface area (Å²) in [4.78, 5) is 15.7. The molecule has 2 aromatic heterocycles. The van der Waals surface area contributed by atoms with E-state index in [1.165, 1.54) is 0 Å². The Morgan fingerprint density at radius 3 is 2.82 bits per heavy atom. The van der Waals surface area contributed by atoms with Crippen molar-refractivity contribution >= 4 is 22.4 Å². The third-order valence-corrected chi connectivity index (χ3v) is 3.63. The summed E-state index contributed by atoms with van der Waals surface area (Å²) in [6, 6.07) is 8.96. The fraction of sp³-hybridized carbons (Fsp3) is 0.0833. The molecule has 0 bridgehead atoms. The average molecular weight is 246 g/mol. The van der Waals surface area contributed by atoms with Gasteiger partial charge in [-0.05, 0) is 31.2 Å². The predicted molar refractivity (Wildman–Crippen MR) is 68.2 cm³/mol. The van der Waals surface area contributed by atoms with Crippen LogP contribution >= 0.6 is 11.3 Å². The standard InChI is InChI=1S/C12H10N2O2S/c1-7-5-6-10(17-7)14-8-3-2-4-9(15)11(8)13-12(14)16/h2-6,15H,1H3,(H,13,16). The van der Waals surface area contributed by atoms with Crippen molar-refractivity contribution < 1.29 is 5.11 Å². The van der Waals surface area contributed by atoms with Crippen molar-refractivity contribution in [3.63, 3.8) is 0 Å². The lowest BCUT2D eigenvalue weighted by molar-refractivity contribution is 0.480. The number of imidazole rings is 1. The van der Waals surface area contributed by atoms with Crippen LogP contribution in [0.1, 0.15) is 4.88 Å². The Morgan fingerprint density at radius 1 is 1.29 bits per heavy atom. The molecule has 0 saturated carbocycles. The molecular weight excluding hydrogens is 236 g/mol. The van der Waals surface area contributed by atoms with Crippen LogP contribution in [0.15, 0.2) is 35.1 Å². The summed E-state index contributed by atoms with van der Waals surface area (Å²) in [5.41, 5.74) is 0.934. The molecule has 3 rings (SSSR count). The van der Waals surface area contributed by atoms with E-state index in [1.807, 2.05) is 25.1 Å². The van der Waals surface area contributed by atoms with E-state index in [2.05, 4.69) is 4.98 Å². The van der Waals surface area contributed by atoms with Crippen LogP contribution in [0, 0.1) is 6.92 Å². The van der Waals surface area contributed by atoms with E-state index in [0.29, 0.717) is 11.0 Å². The average Bonchev–Trinajstić information content (AvgIpc) is 2.82. The largest absolute Gasteiger partial charge is 0.506 e. The maximum absolute atomic E-state index is 11.9. The number of aryl methyl sites for hydroxylation is 1. The van der Waals surface area contributed by atoms with E-state index >= 15 is 0 Å². The molecule has 3 aromatic rings. The Kier molecular flexibility index (Phi) is 2.09. The zero-order chi connectivity index (χ0) is 12.0. The summed E-state index contributed by atoms with van der Waals surface area (Å²) >= 11 is 1.54. The number of phenolic OH excluding ortho intramolecular Hbond substituents is 1. The Labute approximate surface area is 101 Å². The molecule has 0 amide bonds. The molecule has 4 nitrogen and oxygen atoms in total. The number of H-pyrrole nitrogens is 1. The minimum Gasteiger partial charge on any atom is -0.506 e. The number of para-hydroxylation sites is 1. The van der Waals surface area contributed by atoms with Gasteiger partial charge in [0.25, 0.3) is 0 Å². The van der Waals surface area contributed by atoms with Crippen molar-refractivity contribution in [2.75, 3.05) is 0 Å². The highest BCUT2D eigenvalue weighted by Gasteiger charge is 2.12. The quantitative estimate of drug-likeness (QED) is 0.692. The molecule has 2 heterocycles. The highest BCUT2D eigenvalue weighted by molar-refractivity contribution is 7.14. The number of nitrogens with one attached hydrogen (secondary N) is 1. The first-order chi connectivity index (χ1) is 8.16. The molecule has 2 N–H and O–H groups in total. The molecule has 0 atom stereocenters. The monoisotopic (exact) mass is 246 g/mol. The van der Waals surface area contributed by atoms with Gasteiger partial charge >= 0.3 is 5.69 Å². The third kappa shape index (κ3) is 1.47. The molecular formula is C12H10N2O2S. The van der Waals surface area contributed by atoms with Gasteiger partial charge in [0.05, 0.1) is 5.52 Å². The van der Waals surface area contributed by atoms with Gasteiger partial charge in [-0.1, -0.05) is 6.07 Å². The van der Waals surface area contributed by atoms with Crippen molar-refractivity contribution in [3.8, 4) is 10.8 Å². The SMILES string of the molecule is Cc1ccc(-n2c(=O)[nH]c3c(O)cccc32)s1. The van der Waals surface area contributed by atoms with E-state index in [1.54, 1.807) is 28.0 Å². The van der Waals surface area contributed by atoms with Crippen LogP contribution in [0.3, 0.4) is 0 Å². The topological polar surface area (TPSA) is 58.0 Å². The summed E-state index contributed by atoms with van der Waals surface area (Å²) in [5.74, 6) is 0.0895. The van der Waals surface area contributed by atoms with E-state index in [0.717, 1.165) is 9.88 Å². The Bertz CT molecular complexity index is 751. The van der Waals surface area contributed by atoms with Crippen LogP contribution in [0.4, 0.5) is 0 Å². The molecule has 0 saturated heterocycles. The molecule has 0 spiro atoms. The Hall–Kier alpha value is -2.01. The fourth-order valence-electron chi connectivity index (χ4n) is 1.88. The number of thiophene rings is 1. The van der Waals surface area contributed by atoms with E-state index < -0.39 is 0 Å². The summed E-state index contributed by atoms with van der Waals surface area (Å²) in [5, 5.41) is 10.5. The second kappa shape index (κ2) is 3.49. The molecule has 1 aromatic carbocycles. The first kappa shape index (κ1) is 10.2. The number of nitrogens with zero attached hydrogens (tertiary/aromatic N) is 1. The zero-order valence-electron chi connectivity index (χ0n) is 9.10. The van der Waals surface area contributed by atoms with Gasteiger partial charge in [0.1, 0.15) is 16.3 Å². The summed E-state index contributed by atoms with van der Waals surface area (Å²) in [6.07, 6.45) is 0. The van der Waals surface area contributed by atoms with Crippen LogP contribution in [0.25, 0.3) is 16.0 Å².